The highest BCUT2D eigenvalue weighted by molar-refractivity contribution is 6.33. The largest absolute Gasteiger partial charge is 0.462 e. The zero-order chi connectivity index (χ0) is 19.8. The zero-order valence-electron chi connectivity index (χ0n) is 14.3. The monoisotopic (exact) mass is 383 g/mol. The normalized spacial score (nSPS) is 10.6. The van der Waals surface area contributed by atoms with E-state index in [2.05, 4.69) is 5.92 Å². The summed E-state index contributed by atoms with van der Waals surface area (Å²) in [4.78, 5) is 23.7. The molecule has 0 saturated carbocycles. The fourth-order valence-corrected chi connectivity index (χ4v) is 2.29. The Hall–Kier alpha value is -3.48. The second-order valence-electron chi connectivity index (χ2n) is 5.07. The van der Waals surface area contributed by atoms with Crippen molar-refractivity contribution in [1.82, 2.24) is 0 Å². The van der Waals surface area contributed by atoms with Gasteiger partial charge in [0.2, 0.25) is 0 Å². The maximum absolute atomic E-state index is 12.0. The number of benzene rings is 1. The summed E-state index contributed by atoms with van der Waals surface area (Å²) in [5.74, 6) is 1.50. The number of furan rings is 1. The van der Waals surface area contributed by atoms with Crippen LogP contribution in [0.4, 0.5) is 0 Å². The van der Waals surface area contributed by atoms with Crippen LogP contribution in [0.3, 0.4) is 0 Å². The fourth-order valence-electron chi connectivity index (χ4n) is 2.09. The predicted molar refractivity (Wildman–Crippen MR) is 98.5 cm³/mol. The van der Waals surface area contributed by atoms with Crippen molar-refractivity contribution in [3.63, 3.8) is 0 Å². The Balaban J connectivity index is 2.31. The molecule has 0 fully saturated rings. The number of nitrogens with zero attached hydrogens (tertiary/aromatic N) is 1. The third-order valence-electron chi connectivity index (χ3n) is 3.29. The van der Waals surface area contributed by atoms with E-state index in [1.807, 2.05) is 0 Å². The van der Waals surface area contributed by atoms with Gasteiger partial charge >= 0.3 is 11.9 Å². The second-order valence-corrected chi connectivity index (χ2v) is 5.47. The molecule has 27 heavy (non-hydrogen) atoms. The van der Waals surface area contributed by atoms with E-state index < -0.39 is 11.9 Å². The van der Waals surface area contributed by atoms with Crippen LogP contribution in [-0.4, -0.2) is 25.2 Å². The molecule has 0 bridgehead atoms. The van der Waals surface area contributed by atoms with Gasteiger partial charge in [-0.25, -0.2) is 9.59 Å². The van der Waals surface area contributed by atoms with E-state index in [1.54, 1.807) is 31.2 Å². The standard InChI is InChI=1S/C20H14ClNO5/c1-3-9-26-20(24)16-11-13(5-7-17(16)21)18-8-6-15(27-18)10-14(12-22)19(23)25-4-2/h1,5-8,10-11H,4,9H2,2H3/b14-10+. The third kappa shape index (κ3) is 5.01. The molecule has 0 N–H and O–H groups in total. The number of carbonyl (C=O) groups excluding carboxylic acids is 2. The van der Waals surface area contributed by atoms with E-state index in [4.69, 9.17) is 37.2 Å². The molecule has 0 amide bonds. The second kappa shape index (κ2) is 9.28. The molecule has 0 aliphatic carbocycles. The maximum Gasteiger partial charge on any atom is 0.349 e. The van der Waals surface area contributed by atoms with Crippen LogP contribution in [0.5, 0.6) is 0 Å². The first-order chi connectivity index (χ1) is 13.0. The van der Waals surface area contributed by atoms with Gasteiger partial charge in [0.05, 0.1) is 17.2 Å². The van der Waals surface area contributed by atoms with E-state index >= 15 is 0 Å². The minimum atomic E-state index is -0.733. The van der Waals surface area contributed by atoms with E-state index in [0.29, 0.717) is 11.3 Å². The van der Waals surface area contributed by atoms with Crippen LogP contribution in [0.1, 0.15) is 23.0 Å². The Morgan fingerprint density at radius 3 is 2.74 bits per heavy atom. The van der Waals surface area contributed by atoms with Crippen LogP contribution < -0.4 is 0 Å². The summed E-state index contributed by atoms with van der Waals surface area (Å²) in [7, 11) is 0. The van der Waals surface area contributed by atoms with Gasteiger partial charge in [-0.05, 0) is 37.3 Å². The van der Waals surface area contributed by atoms with E-state index in [0.717, 1.165) is 0 Å². The minimum absolute atomic E-state index is 0.141. The summed E-state index contributed by atoms with van der Waals surface area (Å²) in [6.07, 6.45) is 6.35. The lowest BCUT2D eigenvalue weighted by Crippen LogP contribution is -2.06. The number of esters is 2. The average molecular weight is 384 g/mol. The van der Waals surface area contributed by atoms with Gasteiger partial charge in [-0.1, -0.05) is 17.5 Å². The van der Waals surface area contributed by atoms with Gasteiger partial charge in [0, 0.05) is 11.6 Å². The number of rotatable bonds is 6. The molecule has 0 aliphatic rings. The van der Waals surface area contributed by atoms with Gasteiger partial charge in [0.15, 0.2) is 6.61 Å². The Morgan fingerprint density at radius 1 is 1.30 bits per heavy atom. The van der Waals surface area contributed by atoms with Crippen LogP contribution in [0, 0.1) is 23.7 Å². The maximum atomic E-state index is 12.0. The molecule has 1 aromatic heterocycles. The molecule has 0 radical (unpaired) electrons. The number of hydrogen-bond donors (Lipinski definition) is 0. The van der Waals surface area contributed by atoms with Gasteiger partial charge in [0.25, 0.3) is 0 Å². The molecule has 2 rings (SSSR count). The number of ether oxygens (including phenoxy) is 2. The van der Waals surface area contributed by atoms with Crippen LogP contribution in [-0.2, 0) is 14.3 Å². The SMILES string of the molecule is C#CCOC(=O)c1cc(-c2ccc(/C=C(\C#N)C(=O)OCC)o2)ccc1Cl. The van der Waals surface area contributed by atoms with Crippen LogP contribution in [0.15, 0.2) is 40.3 Å². The molecule has 7 heteroatoms. The smallest absolute Gasteiger partial charge is 0.349 e. The summed E-state index contributed by atoms with van der Waals surface area (Å²) >= 11 is 6.03. The predicted octanol–water partition coefficient (Wildman–Crippen LogP) is 3.86. The Labute approximate surface area is 160 Å². The number of hydrogen-bond acceptors (Lipinski definition) is 6. The van der Waals surface area contributed by atoms with Crippen LogP contribution >= 0.6 is 11.6 Å². The fraction of sp³-hybridized carbons (Fsp3) is 0.150. The number of terminal acetylenes is 1. The highest BCUT2D eigenvalue weighted by atomic mass is 35.5. The first-order valence-electron chi connectivity index (χ1n) is 7.79. The molecule has 1 aromatic carbocycles. The van der Waals surface area contributed by atoms with E-state index in [9.17, 15) is 9.59 Å². The van der Waals surface area contributed by atoms with Crippen LogP contribution in [0.25, 0.3) is 17.4 Å². The minimum Gasteiger partial charge on any atom is -0.462 e. The topological polar surface area (TPSA) is 89.5 Å². The average Bonchev–Trinajstić information content (AvgIpc) is 3.13. The molecule has 6 nitrogen and oxygen atoms in total. The summed E-state index contributed by atoms with van der Waals surface area (Å²) in [5.41, 5.74) is 0.510. The van der Waals surface area contributed by atoms with E-state index in [-0.39, 0.29) is 35.1 Å². The molecular weight excluding hydrogens is 370 g/mol. The summed E-state index contributed by atoms with van der Waals surface area (Å²) < 4.78 is 15.3. The summed E-state index contributed by atoms with van der Waals surface area (Å²) in [5, 5.41) is 9.28. The van der Waals surface area contributed by atoms with Crippen molar-refractivity contribution in [2.45, 2.75) is 6.92 Å². The highest BCUT2D eigenvalue weighted by Gasteiger charge is 2.15. The van der Waals surface area contributed by atoms with Gasteiger partial charge in [-0.2, -0.15) is 5.26 Å². The molecule has 0 unspecified atom stereocenters. The van der Waals surface area contributed by atoms with Crippen molar-refractivity contribution in [3.8, 4) is 29.7 Å². The van der Waals surface area contributed by atoms with Crippen molar-refractivity contribution in [2.75, 3.05) is 13.2 Å². The molecule has 2 aromatic rings. The number of halogens is 1. The lowest BCUT2D eigenvalue weighted by Gasteiger charge is -2.05. The lowest BCUT2D eigenvalue weighted by molar-refractivity contribution is -0.137. The molecule has 0 aliphatic heterocycles. The summed E-state index contributed by atoms with van der Waals surface area (Å²) in [6, 6.07) is 9.67. The molecular formula is C20H14ClNO5. The number of nitriles is 1. The molecule has 0 saturated heterocycles. The molecule has 136 valence electrons. The van der Waals surface area contributed by atoms with E-state index in [1.165, 1.54) is 18.2 Å². The first-order valence-corrected chi connectivity index (χ1v) is 8.17. The molecule has 0 spiro atoms. The quantitative estimate of drug-likeness (QED) is 0.325. The zero-order valence-corrected chi connectivity index (χ0v) is 15.1. The Morgan fingerprint density at radius 2 is 2.07 bits per heavy atom. The number of carbonyl (C=O) groups is 2. The van der Waals surface area contributed by atoms with Crippen molar-refractivity contribution in [1.29, 1.82) is 5.26 Å². The van der Waals surface area contributed by atoms with Gasteiger partial charge in [-0.15, -0.1) is 6.42 Å². The van der Waals surface area contributed by atoms with Gasteiger partial charge < -0.3 is 13.9 Å². The highest BCUT2D eigenvalue weighted by Crippen LogP contribution is 2.28. The molecule has 0 atom stereocenters. The first kappa shape index (κ1) is 19.8. The third-order valence-corrected chi connectivity index (χ3v) is 3.62. The van der Waals surface area contributed by atoms with Crippen molar-refractivity contribution in [3.05, 3.63) is 52.3 Å². The van der Waals surface area contributed by atoms with Crippen molar-refractivity contribution < 1.29 is 23.5 Å². The Kier molecular flexibility index (Phi) is 6.82. The van der Waals surface area contributed by atoms with Gasteiger partial charge in [0.1, 0.15) is 23.2 Å². The van der Waals surface area contributed by atoms with Crippen molar-refractivity contribution in [2.24, 2.45) is 0 Å². The van der Waals surface area contributed by atoms with Gasteiger partial charge in [-0.3, -0.25) is 0 Å². The van der Waals surface area contributed by atoms with Crippen LogP contribution in [0.2, 0.25) is 5.02 Å². The van der Waals surface area contributed by atoms with Crippen molar-refractivity contribution >= 4 is 29.6 Å². The lowest BCUT2D eigenvalue weighted by atomic mass is 10.1. The Bertz CT molecular complexity index is 975. The molecule has 1 heterocycles. The summed E-state index contributed by atoms with van der Waals surface area (Å²) in [6.45, 7) is 1.63.